The molecule has 0 radical (unpaired) electrons. The Morgan fingerprint density at radius 3 is 2.47 bits per heavy atom. The maximum absolute atomic E-state index is 12.8. The molecule has 0 aliphatic heterocycles. The number of pyridine rings is 1. The summed E-state index contributed by atoms with van der Waals surface area (Å²) in [6, 6.07) is 12.1. The van der Waals surface area contributed by atoms with Crippen molar-refractivity contribution in [1.82, 2.24) is 29.7 Å². The average molecular weight is 509 g/mol. The number of carbonyl (C=O) groups excluding carboxylic acids is 1. The lowest BCUT2D eigenvalue weighted by atomic mass is 10.2. The summed E-state index contributed by atoms with van der Waals surface area (Å²) in [7, 11) is 0. The van der Waals surface area contributed by atoms with E-state index in [0.29, 0.717) is 16.2 Å². The maximum atomic E-state index is 12.8. The van der Waals surface area contributed by atoms with Gasteiger partial charge in [0.05, 0.1) is 33.9 Å². The molecule has 5 rings (SSSR count). The molecule has 1 N–H and O–H groups in total. The Hall–Kier alpha value is -3.72. The van der Waals surface area contributed by atoms with Crippen molar-refractivity contribution in [3.63, 3.8) is 0 Å². The summed E-state index contributed by atoms with van der Waals surface area (Å²) in [4.78, 5) is 26.6. The maximum Gasteiger partial charge on any atom is 0.178 e. The number of ketones is 1. The summed E-state index contributed by atoms with van der Waals surface area (Å²) < 4.78 is 15.0. The van der Waals surface area contributed by atoms with Crippen LogP contribution in [0.1, 0.15) is 62.9 Å². The minimum atomic E-state index is -0.181. The number of thiazole rings is 1. The molecule has 0 saturated carbocycles. The van der Waals surface area contributed by atoms with Crippen molar-refractivity contribution < 1.29 is 9.18 Å². The topological polar surface area (TPSA) is 89.4 Å². The van der Waals surface area contributed by atoms with Crippen LogP contribution in [-0.2, 0) is 12.8 Å². The van der Waals surface area contributed by atoms with Gasteiger partial charge in [-0.2, -0.15) is 5.10 Å². The molecule has 36 heavy (non-hydrogen) atoms. The molecular formula is C27H33FN6OS. The van der Waals surface area contributed by atoms with Crippen molar-refractivity contribution in [1.29, 1.82) is 0 Å². The van der Waals surface area contributed by atoms with Gasteiger partial charge < -0.3 is 4.98 Å². The number of benzene rings is 1. The zero-order valence-corrected chi connectivity index (χ0v) is 22.2. The van der Waals surface area contributed by atoms with Crippen molar-refractivity contribution in [2.45, 2.75) is 53.9 Å². The van der Waals surface area contributed by atoms with Gasteiger partial charge in [-0.3, -0.25) is 4.79 Å². The summed E-state index contributed by atoms with van der Waals surface area (Å²) in [6.45, 7) is 9.83. The van der Waals surface area contributed by atoms with E-state index in [1.54, 1.807) is 48.5 Å². The third kappa shape index (κ3) is 7.91. The van der Waals surface area contributed by atoms with Crippen molar-refractivity contribution in [3.8, 4) is 5.82 Å². The van der Waals surface area contributed by atoms with Gasteiger partial charge in [-0.25, -0.2) is 24.0 Å². The number of imidazole rings is 1. The molecule has 0 aliphatic carbocycles. The van der Waals surface area contributed by atoms with Gasteiger partial charge in [0.25, 0.3) is 0 Å². The summed E-state index contributed by atoms with van der Waals surface area (Å²) in [6.07, 6.45) is 8.40. The van der Waals surface area contributed by atoms with Crippen LogP contribution in [0.4, 0.5) is 4.39 Å². The minimum absolute atomic E-state index is 0.0202. The van der Waals surface area contributed by atoms with Crippen molar-refractivity contribution >= 4 is 27.3 Å². The summed E-state index contributed by atoms with van der Waals surface area (Å²) in [5.41, 5.74) is 5.47. The molecule has 1 aromatic carbocycles. The number of nitrogens with one attached hydrogen (secondary N) is 1. The second-order valence-electron chi connectivity index (χ2n) is 7.24. The fraction of sp³-hybridized carbons (Fsp3) is 0.296. The van der Waals surface area contributed by atoms with Gasteiger partial charge in [-0.15, -0.1) is 11.3 Å². The Morgan fingerprint density at radius 2 is 1.83 bits per heavy atom. The molecule has 9 heteroatoms. The minimum Gasteiger partial charge on any atom is -0.348 e. The number of hydrogen-bond acceptors (Lipinski definition) is 6. The quantitative estimate of drug-likeness (QED) is 0.262. The first-order valence-electron chi connectivity index (χ1n) is 12.0. The zero-order valence-electron chi connectivity index (χ0n) is 21.4. The molecule has 0 fully saturated rings. The van der Waals surface area contributed by atoms with Gasteiger partial charge in [0, 0.05) is 18.8 Å². The van der Waals surface area contributed by atoms with E-state index in [-0.39, 0.29) is 11.6 Å². The van der Waals surface area contributed by atoms with Gasteiger partial charge in [0.2, 0.25) is 0 Å². The highest BCUT2D eigenvalue weighted by atomic mass is 32.1. The standard InChI is InChI=1S/C10H9N3O.C8H14N2.C7H4FNS.C2H6/c1-8(14)9-5-7-12-13(9)10-4-2-3-6-11-10;1-3-5-8-7(4-2)9-6-10-8;8-5-2-1-3-6-7(5)10-4-9-6;1-2/h2-7H,1H3;6H,3-5H2,1-2H3,(H,9,10);1-4H;1-2H3. The van der Waals surface area contributed by atoms with Gasteiger partial charge >= 0.3 is 0 Å². The van der Waals surface area contributed by atoms with E-state index in [2.05, 4.69) is 38.9 Å². The van der Waals surface area contributed by atoms with Crippen LogP contribution in [0.2, 0.25) is 0 Å². The predicted octanol–water partition coefficient (Wildman–Crippen LogP) is 6.86. The lowest BCUT2D eigenvalue weighted by Gasteiger charge is -2.02. The first kappa shape index (κ1) is 28.5. The fourth-order valence-corrected chi connectivity index (χ4v) is 3.90. The van der Waals surface area contributed by atoms with E-state index in [1.165, 1.54) is 46.8 Å². The summed E-state index contributed by atoms with van der Waals surface area (Å²) in [5.74, 6) is 0.454. The van der Waals surface area contributed by atoms with E-state index in [0.717, 1.165) is 18.4 Å². The molecule has 0 aliphatic rings. The number of halogens is 1. The summed E-state index contributed by atoms with van der Waals surface area (Å²) in [5, 5.41) is 4.04. The fourth-order valence-electron chi connectivity index (χ4n) is 3.20. The van der Waals surface area contributed by atoms with E-state index in [1.807, 2.05) is 26.0 Å². The normalized spacial score (nSPS) is 9.83. The molecule has 7 nitrogen and oxygen atoms in total. The van der Waals surface area contributed by atoms with Gasteiger partial charge in [0.1, 0.15) is 11.5 Å². The number of rotatable bonds is 5. The van der Waals surface area contributed by atoms with Gasteiger partial charge in [0.15, 0.2) is 11.6 Å². The highest BCUT2D eigenvalue weighted by Crippen LogP contribution is 2.20. The monoisotopic (exact) mass is 508 g/mol. The molecule has 0 bridgehead atoms. The number of aromatic nitrogens is 6. The largest absolute Gasteiger partial charge is 0.348 e. The van der Waals surface area contributed by atoms with E-state index < -0.39 is 0 Å². The highest BCUT2D eigenvalue weighted by molar-refractivity contribution is 7.16. The van der Waals surface area contributed by atoms with Crippen LogP contribution in [-0.4, -0.2) is 35.5 Å². The van der Waals surface area contributed by atoms with Crippen LogP contribution in [0.15, 0.2) is 66.7 Å². The molecule has 190 valence electrons. The Labute approximate surface area is 215 Å². The first-order chi connectivity index (χ1) is 17.5. The molecule has 0 amide bonds. The molecule has 0 spiro atoms. The van der Waals surface area contributed by atoms with Crippen molar-refractivity contribution in [2.75, 3.05) is 0 Å². The zero-order chi connectivity index (χ0) is 26.3. The third-order valence-electron chi connectivity index (χ3n) is 4.82. The van der Waals surface area contributed by atoms with Crippen LogP contribution in [0.5, 0.6) is 0 Å². The molecular weight excluding hydrogens is 475 g/mol. The number of nitrogens with zero attached hydrogens (tertiary/aromatic N) is 5. The van der Waals surface area contributed by atoms with Gasteiger partial charge in [-0.05, 0) is 43.2 Å². The smallest absolute Gasteiger partial charge is 0.178 e. The number of Topliss-reactive ketones (excluding diaryl/α,β-unsaturated/α-hetero) is 1. The Balaban J connectivity index is 0.000000187. The van der Waals surface area contributed by atoms with Crippen LogP contribution in [0.25, 0.3) is 16.0 Å². The third-order valence-corrected chi connectivity index (χ3v) is 5.67. The van der Waals surface area contributed by atoms with Crippen LogP contribution >= 0.6 is 11.3 Å². The first-order valence-corrected chi connectivity index (χ1v) is 12.9. The van der Waals surface area contributed by atoms with Crippen LogP contribution in [0.3, 0.4) is 0 Å². The van der Waals surface area contributed by atoms with E-state index in [4.69, 9.17) is 0 Å². The number of aromatic amines is 1. The number of aryl methyl sites for hydroxylation is 2. The summed E-state index contributed by atoms with van der Waals surface area (Å²) >= 11 is 1.33. The molecule has 0 atom stereocenters. The molecule has 0 saturated heterocycles. The Bertz CT molecular complexity index is 1310. The van der Waals surface area contributed by atoms with Crippen molar-refractivity contribution in [3.05, 3.63) is 89.6 Å². The van der Waals surface area contributed by atoms with E-state index >= 15 is 0 Å². The molecule has 5 aromatic rings. The second-order valence-corrected chi connectivity index (χ2v) is 8.10. The predicted molar refractivity (Wildman–Crippen MR) is 144 cm³/mol. The lowest BCUT2D eigenvalue weighted by molar-refractivity contribution is 0.101. The van der Waals surface area contributed by atoms with E-state index in [9.17, 15) is 9.18 Å². The van der Waals surface area contributed by atoms with Crippen LogP contribution in [0, 0.1) is 5.82 Å². The SMILES string of the molecule is CC.CC(=O)c1ccnn1-c1ccccn1.CCCc1[nH]cnc1CC.Fc1cccc2ncsc12. The number of carbonyl (C=O) groups is 1. The molecule has 0 unspecified atom stereocenters. The second kappa shape index (κ2) is 15.3. The average Bonchev–Trinajstić information content (AvgIpc) is 3.68. The number of hydrogen-bond donors (Lipinski definition) is 1. The molecule has 4 heterocycles. The van der Waals surface area contributed by atoms with Crippen LogP contribution < -0.4 is 0 Å². The Kier molecular flexibility index (Phi) is 12.1. The lowest BCUT2D eigenvalue weighted by Crippen LogP contribution is -2.07. The van der Waals surface area contributed by atoms with Gasteiger partial charge in [-0.1, -0.05) is 46.2 Å². The van der Waals surface area contributed by atoms with Crippen molar-refractivity contribution in [2.24, 2.45) is 0 Å². The molecule has 4 aromatic heterocycles. The number of fused-ring (bicyclic) bond motifs is 1. The highest BCUT2D eigenvalue weighted by Gasteiger charge is 2.08. The number of H-pyrrole nitrogens is 1. The Morgan fingerprint density at radius 1 is 1.03 bits per heavy atom.